The third-order valence-electron chi connectivity index (χ3n) is 2.28. The summed E-state index contributed by atoms with van der Waals surface area (Å²) in [4.78, 5) is 23.3. The van der Waals surface area contributed by atoms with E-state index in [0.717, 1.165) is 4.47 Å². The number of nitriles is 1. The first-order valence-electron chi connectivity index (χ1n) is 5.43. The van der Waals surface area contributed by atoms with E-state index in [9.17, 15) is 9.59 Å². The molecule has 0 radical (unpaired) electrons. The Morgan fingerprint density at radius 2 is 2.00 bits per heavy atom. The Morgan fingerprint density at radius 3 is 2.50 bits per heavy atom. The molecule has 0 saturated heterocycles. The van der Waals surface area contributed by atoms with Gasteiger partial charge in [0.15, 0.2) is 11.7 Å². The van der Waals surface area contributed by atoms with Gasteiger partial charge in [-0.3, -0.25) is 9.59 Å². The van der Waals surface area contributed by atoms with Gasteiger partial charge in [0.1, 0.15) is 0 Å². The molecule has 0 bridgehead atoms. The smallest absolute Gasteiger partial charge is 0.323 e. The van der Waals surface area contributed by atoms with Crippen molar-refractivity contribution in [3.8, 4) is 6.07 Å². The second-order valence-corrected chi connectivity index (χ2v) is 4.48. The van der Waals surface area contributed by atoms with E-state index in [0.29, 0.717) is 5.56 Å². The number of carbonyl (C=O) groups excluding carboxylic acids is 2. The van der Waals surface area contributed by atoms with Gasteiger partial charge in [0.25, 0.3) is 0 Å². The fourth-order valence-corrected chi connectivity index (χ4v) is 1.63. The van der Waals surface area contributed by atoms with Crippen molar-refractivity contribution >= 4 is 27.7 Å². The summed E-state index contributed by atoms with van der Waals surface area (Å²) in [6, 6.07) is 8.55. The number of halogens is 1. The average molecular weight is 310 g/mol. The van der Waals surface area contributed by atoms with Crippen molar-refractivity contribution in [2.24, 2.45) is 5.92 Å². The molecule has 0 saturated carbocycles. The van der Waals surface area contributed by atoms with Gasteiger partial charge in [-0.15, -0.1) is 0 Å². The van der Waals surface area contributed by atoms with E-state index in [4.69, 9.17) is 10.00 Å². The van der Waals surface area contributed by atoms with Crippen molar-refractivity contribution in [3.05, 3.63) is 34.3 Å². The molecule has 1 unspecified atom stereocenters. The van der Waals surface area contributed by atoms with Gasteiger partial charge >= 0.3 is 5.97 Å². The molecule has 0 N–H and O–H groups in total. The number of rotatable bonds is 5. The molecule has 0 aliphatic rings. The van der Waals surface area contributed by atoms with Gasteiger partial charge in [0, 0.05) is 16.5 Å². The standard InChI is InChI=1S/C13H12BrNO3/c1-2-18-13(17)10(8-15)7-12(16)9-3-5-11(14)6-4-9/h3-6,10H,2,7H2,1H3. The average Bonchev–Trinajstić information content (AvgIpc) is 2.36. The Morgan fingerprint density at radius 1 is 1.39 bits per heavy atom. The van der Waals surface area contributed by atoms with Gasteiger partial charge in [-0.1, -0.05) is 28.1 Å². The van der Waals surface area contributed by atoms with Crippen LogP contribution in [-0.4, -0.2) is 18.4 Å². The molecule has 0 heterocycles. The fourth-order valence-electron chi connectivity index (χ4n) is 1.36. The minimum atomic E-state index is -1.04. The Hall–Kier alpha value is -1.67. The van der Waals surface area contributed by atoms with E-state index >= 15 is 0 Å². The highest BCUT2D eigenvalue weighted by atomic mass is 79.9. The van der Waals surface area contributed by atoms with Crippen LogP contribution < -0.4 is 0 Å². The molecule has 4 nitrogen and oxygen atoms in total. The molecule has 0 aliphatic carbocycles. The zero-order chi connectivity index (χ0) is 13.5. The number of nitrogens with zero attached hydrogens (tertiary/aromatic N) is 1. The molecule has 0 spiro atoms. The second-order valence-electron chi connectivity index (χ2n) is 3.57. The van der Waals surface area contributed by atoms with Crippen LogP contribution in [0.3, 0.4) is 0 Å². The maximum atomic E-state index is 11.9. The number of ether oxygens (including phenoxy) is 1. The summed E-state index contributed by atoms with van der Waals surface area (Å²) in [6.45, 7) is 1.85. The molecule has 18 heavy (non-hydrogen) atoms. The van der Waals surface area contributed by atoms with Crippen LogP contribution in [0, 0.1) is 17.2 Å². The third kappa shape index (κ3) is 3.97. The van der Waals surface area contributed by atoms with Gasteiger partial charge < -0.3 is 4.74 Å². The molecule has 0 amide bonds. The van der Waals surface area contributed by atoms with E-state index in [-0.39, 0.29) is 18.8 Å². The molecular weight excluding hydrogens is 298 g/mol. The van der Waals surface area contributed by atoms with Gasteiger partial charge in [0.05, 0.1) is 12.7 Å². The number of esters is 1. The quantitative estimate of drug-likeness (QED) is 0.619. The topological polar surface area (TPSA) is 67.2 Å². The summed E-state index contributed by atoms with van der Waals surface area (Å²) in [7, 11) is 0. The number of ketones is 1. The fraction of sp³-hybridized carbons (Fsp3) is 0.308. The predicted molar refractivity (Wildman–Crippen MR) is 68.8 cm³/mol. The predicted octanol–water partition coefficient (Wildman–Crippen LogP) is 2.72. The van der Waals surface area contributed by atoms with Crippen LogP contribution in [0.2, 0.25) is 0 Å². The second kappa shape index (κ2) is 6.92. The van der Waals surface area contributed by atoms with E-state index in [2.05, 4.69) is 15.9 Å². The maximum absolute atomic E-state index is 11.9. The molecule has 1 rings (SSSR count). The zero-order valence-electron chi connectivity index (χ0n) is 9.85. The van der Waals surface area contributed by atoms with E-state index < -0.39 is 11.9 Å². The van der Waals surface area contributed by atoms with Crippen LogP contribution in [0.5, 0.6) is 0 Å². The van der Waals surface area contributed by atoms with Crippen molar-refractivity contribution in [3.63, 3.8) is 0 Å². The summed E-state index contributed by atoms with van der Waals surface area (Å²) in [5, 5.41) is 8.85. The summed E-state index contributed by atoms with van der Waals surface area (Å²) in [6.07, 6.45) is -0.156. The molecular formula is C13H12BrNO3. The number of hydrogen-bond acceptors (Lipinski definition) is 4. The van der Waals surface area contributed by atoms with Gasteiger partial charge in [-0.05, 0) is 19.1 Å². The molecule has 94 valence electrons. The van der Waals surface area contributed by atoms with Gasteiger partial charge in [-0.25, -0.2) is 0 Å². The van der Waals surface area contributed by atoms with Crippen molar-refractivity contribution < 1.29 is 14.3 Å². The minimum Gasteiger partial charge on any atom is -0.465 e. The lowest BCUT2D eigenvalue weighted by Gasteiger charge is -2.07. The molecule has 1 atom stereocenters. The first-order chi connectivity index (χ1) is 8.58. The van der Waals surface area contributed by atoms with Crippen LogP contribution in [0.1, 0.15) is 23.7 Å². The summed E-state index contributed by atoms with van der Waals surface area (Å²) in [5.41, 5.74) is 0.475. The molecule has 0 aromatic heterocycles. The Kier molecular flexibility index (Phi) is 5.53. The first-order valence-corrected chi connectivity index (χ1v) is 6.22. The van der Waals surface area contributed by atoms with Crippen LogP contribution in [0.15, 0.2) is 28.7 Å². The number of carbonyl (C=O) groups is 2. The monoisotopic (exact) mass is 309 g/mol. The Labute approximate surface area is 114 Å². The third-order valence-corrected chi connectivity index (χ3v) is 2.81. The summed E-state index contributed by atoms with van der Waals surface area (Å²) >= 11 is 3.27. The van der Waals surface area contributed by atoms with E-state index in [1.54, 1.807) is 37.3 Å². The van der Waals surface area contributed by atoms with E-state index in [1.165, 1.54) is 0 Å². The largest absolute Gasteiger partial charge is 0.465 e. The van der Waals surface area contributed by atoms with Gasteiger partial charge in [0.2, 0.25) is 0 Å². The molecule has 0 aliphatic heterocycles. The zero-order valence-corrected chi connectivity index (χ0v) is 11.4. The lowest BCUT2D eigenvalue weighted by molar-refractivity contribution is -0.145. The SMILES string of the molecule is CCOC(=O)C(C#N)CC(=O)c1ccc(Br)cc1. The number of Topliss-reactive ketones (excluding diaryl/α,β-unsaturated/α-hetero) is 1. The highest BCUT2D eigenvalue weighted by Crippen LogP contribution is 2.15. The lowest BCUT2D eigenvalue weighted by atomic mass is 9.99. The molecule has 5 heteroatoms. The number of benzene rings is 1. The van der Waals surface area contributed by atoms with Crippen LogP contribution in [-0.2, 0) is 9.53 Å². The molecule has 0 fully saturated rings. The normalized spacial score (nSPS) is 11.4. The number of hydrogen-bond donors (Lipinski definition) is 0. The van der Waals surface area contributed by atoms with E-state index in [1.807, 2.05) is 0 Å². The first kappa shape index (κ1) is 14.4. The molecule has 1 aromatic rings. The maximum Gasteiger partial charge on any atom is 0.323 e. The van der Waals surface area contributed by atoms with Crippen LogP contribution in [0.4, 0.5) is 0 Å². The van der Waals surface area contributed by atoms with Crippen molar-refractivity contribution in [2.45, 2.75) is 13.3 Å². The van der Waals surface area contributed by atoms with Crippen molar-refractivity contribution in [2.75, 3.05) is 6.61 Å². The van der Waals surface area contributed by atoms with Gasteiger partial charge in [-0.2, -0.15) is 5.26 Å². The summed E-state index contributed by atoms with van der Waals surface area (Å²) < 4.78 is 5.59. The van der Waals surface area contributed by atoms with Crippen molar-refractivity contribution in [1.29, 1.82) is 5.26 Å². The highest BCUT2D eigenvalue weighted by Gasteiger charge is 2.23. The van der Waals surface area contributed by atoms with Crippen LogP contribution >= 0.6 is 15.9 Å². The Balaban J connectivity index is 2.71. The minimum absolute atomic E-state index is 0.156. The van der Waals surface area contributed by atoms with Crippen LogP contribution in [0.25, 0.3) is 0 Å². The highest BCUT2D eigenvalue weighted by molar-refractivity contribution is 9.10. The Bertz CT molecular complexity index is 476. The lowest BCUT2D eigenvalue weighted by Crippen LogP contribution is -2.19. The molecule has 1 aromatic carbocycles. The van der Waals surface area contributed by atoms with Crippen molar-refractivity contribution in [1.82, 2.24) is 0 Å². The summed E-state index contributed by atoms with van der Waals surface area (Å²) in [5.74, 6) is -1.94.